The summed E-state index contributed by atoms with van der Waals surface area (Å²) in [6, 6.07) is 3.49. The first-order valence-corrected chi connectivity index (χ1v) is 5.90. The van der Waals surface area contributed by atoms with Gasteiger partial charge in [-0.2, -0.15) is 0 Å². The van der Waals surface area contributed by atoms with Crippen molar-refractivity contribution in [3.8, 4) is 5.88 Å². The lowest BCUT2D eigenvalue weighted by molar-refractivity contribution is 0.148. The average molecular weight is 235 g/mol. The fourth-order valence-electron chi connectivity index (χ4n) is 2.01. The van der Waals surface area contributed by atoms with Crippen molar-refractivity contribution in [3.05, 3.63) is 23.9 Å². The minimum atomic E-state index is 0.0571. The minimum absolute atomic E-state index is 0.0571. The molecule has 1 saturated carbocycles. The Morgan fingerprint density at radius 2 is 2.12 bits per heavy atom. The van der Waals surface area contributed by atoms with Crippen molar-refractivity contribution in [3.63, 3.8) is 0 Å². The molecule has 92 valence electrons. The number of ether oxygens (including phenoxy) is 1. The summed E-state index contributed by atoms with van der Waals surface area (Å²) in [6.45, 7) is 0. The lowest BCUT2D eigenvalue weighted by atomic mass is 9.98. The first-order chi connectivity index (χ1) is 8.29. The maximum absolute atomic E-state index is 8.52. The van der Waals surface area contributed by atoms with E-state index in [2.05, 4.69) is 10.1 Å². The van der Waals surface area contributed by atoms with Gasteiger partial charge in [0.25, 0.3) is 0 Å². The third-order valence-electron chi connectivity index (χ3n) is 2.98. The normalized spacial score (nSPS) is 18.0. The van der Waals surface area contributed by atoms with Gasteiger partial charge >= 0.3 is 0 Å². The SMILES string of the molecule is N/C(=N\O)c1ccc(OC2CCCCC2)nc1. The highest BCUT2D eigenvalue weighted by atomic mass is 16.5. The summed E-state index contributed by atoms with van der Waals surface area (Å²) < 4.78 is 5.77. The quantitative estimate of drug-likeness (QED) is 0.363. The second-order valence-electron chi connectivity index (χ2n) is 4.25. The lowest BCUT2D eigenvalue weighted by Gasteiger charge is -2.22. The third-order valence-corrected chi connectivity index (χ3v) is 2.98. The van der Waals surface area contributed by atoms with Crippen molar-refractivity contribution in [1.29, 1.82) is 0 Å². The largest absolute Gasteiger partial charge is 0.474 e. The molecule has 1 heterocycles. The Morgan fingerprint density at radius 3 is 2.71 bits per heavy atom. The molecule has 1 aliphatic carbocycles. The number of hydrogen-bond donors (Lipinski definition) is 2. The maximum Gasteiger partial charge on any atom is 0.213 e. The van der Waals surface area contributed by atoms with E-state index in [1.165, 1.54) is 19.3 Å². The van der Waals surface area contributed by atoms with Crippen molar-refractivity contribution in [2.75, 3.05) is 0 Å². The first kappa shape index (κ1) is 11.7. The summed E-state index contributed by atoms with van der Waals surface area (Å²) in [5, 5.41) is 11.4. The number of nitrogens with two attached hydrogens (primary N) is 1. The zero-order chi connectivity index (χ0) is 12.1. The monoisotopic (exact) mass is 235 g/mol. The summed E-state index contributed by atoms with van der Waals surface area (Å²) in [6.07, 6.45) is 7.79. The summed E-state index contributed by atoms with van der Waals surface area (Å²) >= 11 is 0. The Kier molecular flexibility index (Phi) is 3.80. The summed E-state index contributed by atoms with van der Waals surface area (Å²) in [5.74, 6) is 0.660. The van der Waals surface area contributed by atoms with E-state index in [4.69, 9.17) is 15.7 Å². The molecule has 0 bridgehead atoms. The fraction of sp³-hybridized carbons (Fsp3) is 0.500. The van der Waals surface area contributed by atoms with Crippen LogP contribution in [0.15, 0.2) is 23.5 Å². The van der Waals surface area contributed by atoms with Crippen LogP contribution in [-0.4, -0.2) is 22.1 Å². The predicted molar refractivity (Wildman–Crippen MR) is 64.2 cm³/mol. The Morgan fingerprint density at radius 1 is 1.35 bits per heavy atom. The van der Waals surface area contributed by atoms with Crippen LogP contribution in [0.4, 0.5) is 0 Å². The number of pyridine rings is 1. The molecule has 1 aliphatic rings. The van der Waals surface area contributed by atoms with Gasteiger partial charge in [-0.3, -0.25) is 0 Å². The smallest absolute Gasteiger partial charge is 0.213 e. The molecule has 0 unspecified atom stereocenters. The second kappa shape index (κ2) is 5.52. The number of hydrogen-bond acceptors (Lipinski definition) is 4. The molecule has 1 aromatic heterocycles. The molecule has 5 nitrogen and oxygen atoms in total. The average Bonchev–Trinajstić information content (AvgIpc) is 2.40. The van der Waals surface area contributed by atoms with E-state index in [-0.39, 0.29) is 11.9 Å². The molecule has 0 radical (unpaired) electrons. The molecule has 17 heavy (non-hydrogen) atoms. The summed E-state index contributed by atoms with van der Waals surface area (Å²) in [5.41, 5.74) is 6.03. The van der Waals surface area contributed by atoms with Crippen molar-refractivity contribution in [1.82, 2.24) is 4.98 Å². The minimum Gasteiger partial charge on any atom is -0.474 e. The van der Waals surface area contributed by atoms with E-state index >= 15 is 0 Å². The molecular formula is C12H17N3O2. The highest BCUT2D eigenvalue weighted by Gasteiger charge is 2.15. The van der Waals surface area contributed by atoms with E-state index in [0.29, 0.717) is 11.4 Å². The van der Waals surface area contributed by atoms with Gasteiger partial charge in [0, 0.05) is 17.8 Å². The molecule has 0 spiro atoms. The predicted octanol–water partition coefficient (Wildman–Crippen LogP) is 1.89. The van der Waals surface area contributed by atoms with Gasteiger partial charge in [0.15, 0.2) is 5.84 Å². The van der Waals surface area contributed by atoms with E-state index < -0.39 is 0 Å². The fourth-order valence-corrected chi connectivity index (χ4v) is 2.01. The van der Waals surface area contributed by atoms with Crippen LogP contribution >= 0.6 is 0 Å². The van der Waals surface area contributed by atoms with Gasteiger partial charge in [-0.1, -0.05) is 11.6 Å². The van der Waals surface area contributed by atoms with Gasteiger partial charge in [-0.25, -0.2) is 4.98 Å². The maximum atomic E-state index is 8.52. The molecule has 0 amide bonds. The number of amidine groups is 1. The zero-order valence-corrected chi connectivity index (χ0v) is 9.67. The van der Waals surface area contributed by atoms with Gasteiger partial charge < -0.3 is 15.7 Å². The number of oxime groups is 1. The molecule has 0 saturated heterocycles. The van der Waals surface area contributed by atoms with E-state index in [1.54, 1.807) is 18.3 Å². The van der Waals surface area contributed by atoms with Crippen molar-refractivity contribution >= 4 is 5.84 Å². The molecule has 0 aliphatic heterocycles. The van der Waals surface area contributed by atoms with E-state index in [9.17, 15) is 0 Å². The molecule has 0 atom stereocenters. The Hall–Kier alpha value is -1.78. The number of aromatic nitrogens is 1. The number of nitrogens with zero attached hydrogens (tertiary/aromatic N) is 2. The van der Waals surface area contributed by atoms with Crippen LogP contribution in [0.3, 0.4) is 0 Å². The highest BCUT2D eigenvalue weighted by Crippen LogP contribution is 2.22. The topological polar surface area (TPSA) is 80.7 Å². The summed E-state index contributed by atoms with van der Waals surface area (Å²) in [7, 11) is 0. The van der Waals surface area contributed by atoms with Crippen LogP contribution in [0.2, 0.25) is 0 Å². The van der Waals surface area contributed by atoms with Gasteiger partial charge in [-0.05, 0) is 31.7 Å². The van der Waals surface area contributed by atoms with Crippen LogP contribution < -0.4 is 10.5 Å². The molecule has 1 aromatic rings. The molecular weight excluding hydrogens is 218 g/mol. The Balaban J connectivity index is 1.97. The van der Waals surface area contributed by atoms with Gasteiger partial charge in [0.1, 0.15) is 6.10 Å². The van der Waals surface area contributed by atoms with Crippen molar-refractivity contribution in [2.24, 2.45) is 10.9 Å². The van der Waals surface area contributed by atoms with Crippen molar-refractivity contribution in [2.45, 2.75) is 38.2 Å². The second-order valence-corrected chi connectivity index (χ2v) is 4.25. The van der Waals surface area contributed by atoms with Crippen LogP contribution in [0.25, 0.3) is 0 Å². The summed E-state index contributed by atoms with van der Waals surface area (Å²) in [4.78, 5) is 4.15. The Bertz CT molecular complexity index is 383. The van der Waals surface area contributed by atoms with Gasteiger partial charge in [0.2, 0.25) is 5.88 Å². The zero-order valence-electron chi connectivity index (χ0n) is 9.67. The molecule has 1 fully saturated rings. The number of rotatable bonds is 3. The van der Waals surface area contributed by atoms with E-state index in [0.717, 1.165) is 12.8 Å². The molecule has 3 N–H and O–H groups in total. The third kappa shape index (κ3) is 3.09. The Labute approximate surface area is 100 Å². The van der Waals surface area contributed by atoms with Crippen LogP contribution in [0.1, 0.15) is 37.7 Å². The molecule has 0 aromatic carbocycles. The first-order valence-electron chi connectivity index (χ1n) is 5.90. The van der Waals surface area contributed by atoms with Gasteiger partial charge in [-0.15, -0.1) is 0 Å². The van der Waals surface area contributed by atoms with E-state index in [1.807, 2.05) is 0 Å². The molecule has 2 rings (SSSR count). The van der Waals surface area contributed by atoms with Crippen LogP contribution in [0, 0.1) is 0 Å². The van der Waals surface area contributed by atoms with Crippen LogP contribution in [0.5, 0.6) is 5.88 Å². The van der Waals surface area contributed by atoms with Crippen molar-refractivity contribution < 1.29 is 9.94 Å². The van der Waals surface area contributed by atoms with Crippen LogP contribution in [-0.2, 0) is 0 Å². The van der Waals surface area contributed by atoms with Gasteiger partial charge in [0.05, 0.1) is 0 Å². The highest BCUT2D eigenvalue weighted by molar-refractivity contribution is 5.96. The standard InChI is InChI=1S/C12H17N3O2/c13-12(15-16)9-6-7-11(14-8-9)17-10-4-2-1-3-5-10/h6-8,10,16H,1-5H2,(H2,13,15). The molecule has 5 heteroatoms. The lowest BCUT2D eigenvalue weighted by Crippen LogP contribution is -2.20.